The molecule has 2 aromatic rings. The van der Waals surface area contributed by atoms with Crippen LogP contribution in [0.3, 0.4) is 0 Å². The van der Waals surface area contributed by atoms with Crippen molar-refractivity contribution in [1.29, 1.82) is 0 Å². The fraction of sp³-hybridized carbons (Fsp3) is 0.294. The van der Waals surface area contributed by atoms with Gasteiger partial charge in [-0.15, -0.1) is 0 Å². The van der Waals surface area contributed by atoms with E-state index in [0.717, 1.165) is 29.8 Å². The van der Waals surface area contributed by atoms with Gasteiger partial charge in [0, 0.05) is 18.9 Å². The predicted octanol–water partition coefficient (Wildman–Crippen LogP) is 1.54. The first-order valence-corrected chi connectivity index (χ1v) is 7.28. The smallest absolute Gasteiger partial charge is 0.234 e. The number of ether oxygens (including phenoxy) is 1. The van der Waals surface area contributed by atoms with Gasteiger partial charge < -0.3 is 15.4 Å². The number of aromatic nitrogens is 1. The van der Waals surface area contributed by atoms with Crippen LogP contribution in [0.5, 0.6) is 5.75 Å². The molecular formula is C17H21N3O2. The van der Waals surface area contributed by atoms with E-state index >= 15 is 0 Å². The molecule has 1 heterocycles. The van der Waals surface area contributed by atoms with Crippen LogP contribution in [0.15, 0.2) is 48.8 Å². The molecule has 0 aliphatic carbocycles. The Morgan fingerprint density at radius 1 is 1.23 bits per heavy atom. The second kappa shape index (κ2) is 8.79. The van der Waals surface area contributed by atoms with Gasteiger partial charge in [0.25, 0.3) is 0 Å². The lowest BCUT2D eigenvalue weighted by molar-refractivity contribution is -0.120. The molecule has 0 aliphatic heterocycles. The molecule has 116 valence electrons. The SMILES string of the molecule is COc1ccccc1CCNCC(=O)NCc1cccnc1. The Bertz CT molecular complexity index is 587. The van der Waals surface area contributed by atoms with E-state index in [1.54, 1.807) is 19.5 Å². The summed E-state index contributed by atoms with van der Waals surface area (Å²) in [6.07, 6.45) is 4.28. The Balaban J connectivity index is 1.65. The third-order valence-corrected chi connectivity index (χ3v) is 3.26. The molecule has 0 atom stereocenters. The molecule has 1 amide bonds. The van der Waals surface area contributed by atoms with Crippen LogP contribution in [0.1, 0.15) is 11.1 Å². The lowest BCUT2D eigenvalue weighted by Gasteiger charge is -2.09. The van der Waals surface area contributed by atoms with Crippen LogP contribution >= 0.6 is 0 Å². The normalized spacial score (nSPS) is 10.2. The van der Waals surface area contributed by atoms with Crippen LogP contribution in [0.25, 0.3) is 0 Å². The van der Waals surface area contributed by atoms with Crippen molar-refractivity contribution in [3.63, 3.8) is 0 Å². The molecule has 0 fully saturated rings. The van der Waals surface area contributed by atoms with Gasteiger partial charge in [0.2, 0.25) is 5.91 Å². The highest BCUT2D eigenvalue weighted by Gasteiger charge is 2.03. The molecular weight excluding hydrogens is 278 g/mol. The minimum Gasteiger partial charge on any atom is -0.496 e. The monoisotopic (exact) mass is 299 g/mol. The van der Waals surface area contributed by atoms with Gasteiger partial charge in [-0.3, -0.25) is 9.78 Å². The van der Waals surface area contributed by atoms with Gasteiger partial charge in [0.1, 0.15) is 5.75 Å². The Morgan fingerprint density at radius 3 is 2.86 bits per heavy atom. The maximum Gasteiger partial charge on any atom is 0.234 e. The number of pyridine rings is 1. The average Bonchev–Trinajstić information content (AvgIpc) is 2.58. The number of para-hydroxylation sites is 1. The van der Waals surface area contributed by atoms with Gasteiger partial charge in [0.05, 0.1) is 13.7 Å². The molecule has 5 heteroatoms. The molecule has 22 heavy (non-hydrogen) atoms. The third kappa shape index (κ3) is 5.18. The number of methoxy groups -OCH3 is 1. The standard InChI is InChI=1S/C17H21N3O2/c1-22-16-7-3-2-6-15(16)8-10-19-13-17(21)20-12-14-5-4-9-18-11-14/h2-7,9,11,19H,8,10,12-13H2,1H3,(H,20,21). The molecule has 0 saturated heterocycles. The van der Waals surface area contributed by atoms with E-state index in [4.69, 9.17) is 4.74 Å². The summed E-state index contributed by atoms with van der Waals surface area (Å²) in [5, 5.41) is 5.99. The van der Waals surface area contributed by atoms with Crippen LogP contribution in [-0.2, 0) is 17.8 Å². The van der Waals surface area contributed by atoms with Gasteiger partial charge in [-0.25, -0.2) is 0 Å². The van der Waals surface area contributed by atoms with Crippen molar-refractivity contribution in [1.82, 2.24) is 15.6 Å². The number of hydrogen-bond acceptors (Lipinski definition) is 4. The summed E-state index contributed by atoms with van der Waals surface area (Å²) >= 11 is 0. The van der Waals surface area contributed by atoms with E-state index in [2.05, 4.69) is 15.6 Å². The Kier molecular flexibility index (Phi) is 6.39. The summed E-state index contributed by atoms with van der Waals surface area (Å²) < 4.78 is 5.30. The summed E-state index contributed by atoms with van der Waals surface area (Å²) in [6.45, 7) is 1.52. The summed E-state index contributed by atoms with van der Waals surface area (Å²) in [5.41, 5.74) is 2.12. The van der Waals surface area contributed by atoms with Crippen molar-refractivity contribution in [2.24, 2.45) is 0 Å². The van der Waals surface area contributed by atoms with E-state index < -0.39 is 0 Å². The lowest BCUT2D eigenvalue weighted by atomic mass is 10.1. The molecule has 1 aromatic heterocycles. The highest BCUT2D eigenvalue weighted by molar-refractivity contribution is 5.77. The topological polar surface area (TPSA) is 63.2 Å². The molecule has 0 spiro atoms. The number of carbonyl (C=O) groups excluding carboxylic acids is 1. The van der Waals surface area contributed by atoms with Crippen molar-refractivity contribution < 1.29 is 9.53 Å². The molecule has 2 rings (SSSR count). The summed E-state index contributed by atoms with van der Waals surface area (Å²) in [6, 6.07) is 11.7. The highest BCUT2D eigenvalue weighted by atomic mass is 16.5. The Morgan fingerprint density at radius 2 is 2.09 bits per heavy atom. The fourth-order valence-electron chi connectivity index (χ4n) is 2.10. The molecule has 5 nitrogen and oxygen atoms in total. The number of rotatable bonds is 8. The average molecular weight is 299 g/mol. The number of amides is 1. The second-order valence-corrected chi connectivity index (χ2v) is 4.88. The van der Waals surface area contributed by atoms with E-state index in [1.165, 1.54) is 0 Å². The third-order valence-electron chi connectivity index (χ3n) is 3.26. The van der Waals surface area contributed by atoms with Gasteiger partial charge >= 0.3 is 0 Å². The van der Waals surface area contributed by atoms with Crippen LogP contribution in [0.4, 0.5) is 0 Å². The first-order valence-electron chi connectivity index (χ1n) is 7.28. The number of carbonyl (C=O) groups is 1. The molecule has 1 aromatic carbocycles. The quantitative estimate of drug-likeness (QED) is 0.726. The second-order valence-electron chi connectivity index (χ2n) is 4.88. The highest BCUT2D eigenvalue weighted by Crippen LogP contribution is 2.17. The Hall–Kier alpha value is -2.40. The zero-order valence-electron chi connectivity index (χ0n) is 12.7. The van der Waals surface area contributed by atoms with Crippen LogP contribution in [-0.4, -0.2) is 31.1 Å². The van der Waals surface area contributed by atoms with E-state index in [-0.39, 0.29) is 5.91 Å². The maximum atomic E-state index is 11.7. The molecule has 0 unspecified atom stereocenters. The number of benzene rings is 1. The summed E-state index contributed by atoms with van der Waals surface area (Å²) in [4.78, 5) is 15.7. The number of nitrogens with zero attached hydrogens (tertiary/aromatic N) is 1. The minimum atomic E-state index is -0.0242. The van der Waals surface area contributed by atoms with Crippen molar-refractivity contribution in [3.05, 3.63) is 59.9 Å². The molecule has 2 N–H and O–H groups in total. The van der Waals surface area contributed by atoms with Gasteiger partial charge in [-0.05, 0) is 36.2 Å². The van der Waals surface area contributed by atoms with Gasteiger partial charge in [0.15, 0.2) is 0 Å². The van der Waals surface area contributed by atoms with Gasteiger partial charge in [-0.2, -0.15) is 0 Å². The molecule has 0 bridgehead atoms. The van der Waals surface area contributed by atoms with Gasteiger partial charge in [-0.1, -0.05) is 24.3 Å². The first kappa shape index (κ1) is 16.0. The van der Waals surface area contributed by atoms with Crippen LogP contribution in [0.2, 0.25) is 0 Å². The summed E-state index contributed by atoms with van der Waals surface area (Å²) in [7, 11) is 1.66. The Labute approximate surface area is 130 Å². The number of hydrogen-bond donors (Lipinski definition) is 2. The number of nitrogens with one attached hydrogen (secondary N) is 2. The summed E-state index contributed by atoms with van der Waals surface area (Å²) in [5.74, 6) is 0.856. The maximum absolute atomic E-state index is 11.7. The minimum absolute atomic E-state index is 0.0242. The van der Waals surface area contributed by atoms with Crippen molar-refractivity contribution in [2.75, 3.05) is 20.2 Å². The van der Waals surface area contributed by atoms with E-state index in [1.807, 2.05) is 36.4 Å². The van der Waals surface area contributed by atoms with Crippen LogP contribution in [0, 0.1) is 0 Å². The fourth-order valence-corrected chi connectivity index (χ4v) is 2.10. The zero-order valence-corrected chi connectivity index (χ0v) is 12.7. The predicted molar refractivity (Wildman–Crippen MR) is 85.7 cm³/mol. The molecule has 0 aliphatic rings. The largest absolute Gasteiger partial charge is 0.496 e. The van der Waals surface area contributed by atoms with Crippen molar-refractivity contribution in [3.8, 4) is 5.75 Å². The lowest BCUT2D eigenvalue weighted by Crippen LogP contribution is -2.34. The van der Waals surface area contributed by atoms with Crippen molar-refractivity contribution >= 4 is 5.91 Å². The van der Waals surface area contributed by atoms with E-state index in [0.29, 0.717) is 13.1 Å². The molecule has 0 saturated carbocycles. The van der Waals surface area contributed by atoms with E-state index in [9.17, 15) is 4.79 Å². The van der Waals surface area contributed by atoms with Crippen LogP contribution < -0.4 is 15.4 Å². The first-order chi connectivity index (χ1) is 10.8. The van der Waals surface area contributed by atoms with Crippen molar-refractivity contribution in [2.45, 2.75) is 13.0 Å². The zero-order chi connectivity index (χ0) is 15.6. The molecule has 0 radical (unpaired) electrons.